The summed E-state index contributed by atoms with van der Waals surface area (Å²) < 4.78 is 9.48. The van der Waals surface area contributed by atoms with Gasteiger partial charge in [0.05, 0.1) is 14.2 Å². The van der Waals surface area contributed by atoms with Gasteiger partial charge in [-0.2, -0.15) is 0 Å². The van der Waals surface area contributed by atoms with Gasteiger partial charge in [-0.1, -0.05) is 6.04 Å². The first-order valence-electron chi connectivity index (χ1n) is 5.68. The van der Waals surface area contributed by atoms with Crippen molar-refractivity contribution in [3.63, 3.8) is 0 Å². The van der Waals surface area contributed by atoms with E-state index in [0.717, 1.165) is 0 Å². The van der Waals surface area contributed by atoms with Crippen molar-refractivity contribution >= 4 is 31.6 Å². The Labute approximate surface area is 139 Å². The molecule has 0 aliphatic heterocycles. The number of methoxy groups -OCH3 is 2. The molecule has 0 radical (unpaired) electrons. The third-order valence-electron chi connectivity index (χ3n) is 2.33. The summed E-state index contributed by atoms with van der Waals surface area (Å²) in [7, 11) is 2.85. The second-order valence-corrected chi connectivity index (χ2v) is 3.68. The number of hydrogen-bond donors (Lipinski definition) is 1. The summed E-state index contributed by atoms with van der Waals surface area (Å²) in [6, 6.07) is 6.13. The SMILES string of the molecule is [CH2-][C@H](CC(=O)OC)NC(=O)c1ccc(OC)cc1.[Zn+][I]. The van der Waals surface area contributed by atoms with Crippen molar-refractivity contribution in [2.45, 2.75) is 12.5 Å². The minimum atomic E-state index is -0.521. The van der Waals surface area contributed by atoms with E-state index in [1.165, 1.54) is 21.9 Å². The van der Waals surface area contributed by atoms with Crippen LogP contribution in [0.2, 0.25) is 0 Å². The summed E-state index contributed by atoms with van der Waals surface area (Å²) in [4.78, 5) is 22.8. The van der Waals surface area contributed by atoms with Crippen molar-refractivity contribution in [1.82, 2.24) is 5.32 Å². The van der Waals surface area contributed by atoms with Crippen molar-refractivity contribution in [2.75, 3.05) is 14.2 Å². The molecule has 1 aromatic carbocycles. The van der Waals surface area contributed by atoms with Gasteiger partial charge in [0.2, 0.25) is 5.91 Å². The summed E-state index contributed by atoms with van der Waals surface area (Å²) in [5, 5.41) is 2.61. The zero-order valence-electron chi connectivity index (χ0n) is 11.5. The van der Waals surface area contributed by atoms with E-state index in [-0.39, 0.29) is 12.3 Å². The van der Waals surface area contributed by atoms with Crippen molar-refractivity contribution in [1.29, 1.82) is 0 Å². The second kappa shape index (κ2) is 11.0. The summed E-state index contributed by atoms with van der Waals surface area (Å²) in [5.74, 6) is -0.0288. The van der Waals surface area contributed by atoms with Crippen LogP contribution < -0.4 is 10.1 Å². The van der Waals surface area contributed by atoms with E-state index in [1.54, 1.807) is 31.4 Å². The zero-order chi connectivity index (χ0) is 15.5. The summed E-state index contributed by atoms with van der Waals surface area (Å²) >= 11 is 3.62. The van der Waals surface area contributed by atoms with E-state index in [0.29, 0.717) is 11.3 Å². The summed E-state index contributed by atoms with van der Waals surface area (Å²) in [6.07, 6.45) is 0.0401. The standard InChI is InChI=1S/C13H16NO4.HI.Zn/c1-9(8-12(15)18-3)14-13(16)10-4-6-11(17-2)7-5-10;;/h4-7,9H,1,8H2,2-3H3,(H,14,16);1H;/q-1;;+2/p-1/t9-;;/m1../s1. The number of rotatable bonds is 5. The monoisotopic (exact) mass is 441 g/mol. The Hall–Kier alpha value is -0.687. The number of amides is 1. The normalized spacial score (nSPS) is 10.7. The molecule has 0 aliphatic carbocycles. The van der Waals surface area contributed by atoms with Crippen LogP contribution in [0.15, 0.2) is 24.3 Å². The number of carbonyl (C=O) groups is 2. The molecule has 0 saturated carbocycles. The van der Waals surface area contributed by atoms with E-state index in [1.807, 2.05) is 0 Å². The second-order valence-electron chi connectivity index (χ2n) is 3.68. The molecule has 0 spiro atoms. The van der Waals surface area contributed by atoms with Gasteiger partial charge in [0.1, 0.15) is 5.75 Å². The molecule has 1 N–H and O–H groups in total. The van der Waals surface area contributed by atoms with Gasteiger partial charge in [-0.15, -0.1) is 0 Å². The molecule has 7 heteroatoms. The molecular weight excluding hydrogens is 426 g/mol. The number of nitrogens with one attached hydrogen (secondary N) is 1. The fourth-order valence-corrected chi connectivity index (χ4v) is 1.35. The molecule has 1 aromatic rings. The number of benzene rings is 1. The fourth-order valence-electron chi connectivity index (χ4n) is 1.35. The van der Waals surface area contributed by atoms with Crippen molar-refractivity contribution in [2.24, 2.45) is 0 Å². The van der Waals surface area contributed by atoms with Crippen LogP contribution in [-0.4, -0.2) is 32.1 Å². The van der Waals surface area contributed by atoms with Crippen LogP contribution in [0.25, 0.3) is 0 Å². The maximum atomic E-state index is 11.8. The van der Waals surface area contributed by atoms with Crippen LogP contribution >= 0.6 is 19.8 Å². The Kier molecular flexibility index (Phi) is 10.6. The Balaban J connectivity index is 0.00000172. The van der Waals surface area contributed by atoms with Crippen LogP contribution in [-0.2, 0) is 24.3 Å². The number of hydrogen-bond acceptors (Lipinski definition) is 4. The van der Waals surface area contributed by atoms with Crippen LogP contribution in [0, 0.1) is 6.92 Å². The van der Waals surface area contributed by atoms with Gasteiger partial charge < -0.3 is 21.7 Å². The number of ether oxygens (including phenoxy) is 2. The van der Waals surface area contributed by atoms with Crippen molar-refractivity contribution in [3.05, 3.63) is 36.8 Å². The van der Waals surface area contributed by atoms with Crippen LogP contribution in [0.4, 0.5) is 0 Å². The van der Waals surface area contributed by atoms with Crippen molar-refractivity contribution < 1.29 is 33.9 Å². The van der Waals surface area contributed by atoms with E-state index in [9.17, 15) is 9.59 Å². The van der Waals surface area contributed by atoms with Gasteiger partial charge in [0, 0.05) is 12.0 Å². The van der Waals surface area contributed by atoms with E-state index in [2.05, 4.69) is 36.7 Å². The quantitative estimate of drug-likeness (QED) is 0.328. The molecule has 1 amide bonds. The van der Waals surface area contributed by atoms with Gasteiger partial charge in [0.25, 0.3) is 0 Å². The first-order valence-corrected chi connectivity index (χ1v) is 14.7. The van der Waals surface area contributed by atoms with Gasteiger partial charge in [-0.05, 0) is 24.3 Å². The van der Waals surface area contributed by atoms with Crippen LogP contribution in [0.3, 0.4) is 0 Å². The van der Waals surface area contributed by atoms with E-state index in [4.69, 9.17) is 4.74 Å². The summed E-state index contributed by atoms with van der Waals surface area (Å²) in [5.41, 5.74) is 0.481. The molecular formula is C13H16INO4Zn. The predicted octanol–water partition coefficient (Wildman–Crippen LogP) is 2.07. The first kappa shape index (κ1) is 19.3. The molecule has 0 bridgehead atoms. The number of esters is 1. The van der Waals surface area contributed by atoms with Gasteiger partial charge in [-0.25, -0.2) is 0 Å². The Morgan fingerprint density at radius 2 is 1.85 bits per heavy atom. The van der Waals surface area contributed by atoms with E-state index < -0.39 is 12.0 Å². The molecule has 1 atom stereocenters. The molecule has 20 heavy (non-hydrogen) atoms. The zero-order valence-corrected chi connectivity index (χ0v) is 16.6. The van der Waals surface area contributed by atoms with Crippen LogP contribution in [0.1, 0.15) is 16.8 Å². The molecule has 0 aromatic heterocycles. The maximum absolute atomic E-state index is 11.8. The predicted molar refractivity (Wildman–Crippen MR) is 80.3 cm³/mol. The molecule has 0 unspecified atom stereocenters. The van der Waals surface area contributed by atoms with E-state index >= 15 is 0 Å². The van der Waals surface area contributed by atoms with Gasteiger partial charge in [0.15, 0.2) is 0 Å². The molecule has 5 nitrogen and oxygen atoms in total. The molecule has 106 valence electrons. The molecule has 1 rings (SSSR count). The Morgan fingerprint density at radius 3 is 2.30 bits per heavy atom. The fraction of sp³-hybridized carbons (Fsp3) is 0.308. The topological polar surface area (TPSA) is 64.6 Å². The minimum absolute atomic E-state index is 0.0401. The molecule has 0 saturated heterocycles. The van der Waals surface area contributed by atoms with Gasteiger partial charge >= 0.3 is 40.5 Å². The molecule has 0 aliphatic rings. The third-order valence-corrected chi connectivity index (χ3v) is 2.33. The molecule has 0 fully saturated rings. The Bertz CT molecular complexity index is 425. The first-order chi connectivity index (χ1) is 9.56. The average molecular weight is 443 g/mol. The average Bonchev–Trinajstić information content (AvgIpc) is 2.49. The number of halogens is 1. The number of carbonyl (C=O) groups excluding carboxylic acids is 2. The Morgan fingerprint density at radius 1 is 1.30 bits per heavy atom. The van der Waals surface area contributed by atoms with Crippen LogP contribution in [0.5, 0.6) is 5.75 Å². The summed E-state index contributed by atoms with van der Waals surface area (Å²) in [6.45, 7) is 3.67. The third kappa shape index (κ3) is 7.19. The van der Waals surface area contributed by atoms with Crippen molar-refractivity contribution in [3.8, 4) is 5.75 Å². The van der Waals surface area contributed by atoms with Gasteiger partial charge in [-0.3, -0.25) is 9.59 Å². The molecule has 0 heterocycles.